The third-order valence-corrected chi connectivity index (χ3v) is 3.93. The third kappa shape index (κ3) is 3.62. The highest BCUT2D eigenvalue weighted by Crippen LogP contribution is 2.32. The fourth-order valence-electron chi connectivity index (χ4n) is 2.55. The number of hydrogen-bond acceptors (Lipinski definition) is 3. The van der Waals surface area contributed by atoms with E-state index in [0.717, 1.165) is 38.5 Å². The molecule has 0 spiro atoms. The van der Waals surface area contributed by atoms with Crippen LogP contribution in [0.25, 0.3) is 0 Å². The van der Waals surface area contributed by atoms with Gasteiger partial charge in [-0.05, 0) is 29.2 Å². The molecule has 3 nitrogen and oxygen atoms in total. The Hall–Kier alpha value is -0.770. The van der Waals surface area contributed by atoms with Gasteiger partial charge in [0.25, 0.3) is 0 Å². The van der Waals surface area contributed by atoms with E-state index in [-0.39, 0.29) is 0 Å². The lowest BCUT2D eigenvalue weighted by molar-refractivity contribution is 0.232. The quantitative estimate of drug-likeness (QED) is 0.919. The van der Waals surface area contributed by atoms with E-state index in [2.05, 4.69) is 36.2 Å². The summed E-state index contributed by atoms with van der Waals surface area (Å²) in [5.74, 6) is 1.25. The van der Waals surface area contributed by atoms with Crippen LogP contribution in [-0.2, 0) is 6.54 Å². The fraction of sp³-hybridized carbons (Fsp3) is 0.600. The molecule has 2 rings (SSSR count). The van der Waals surface area contributed by atoms with Gasteiger partial charge in [-0.15, -0.1) is 0 Å². The maximum Gasteiger partial charge on any atom is 0.137 e. The Kier molecular flexibility index (Phi) is 5.08. The lowest BCUT2D eigenvalue weighted by Crippen LogP contribution is -2.43. The van der Waals surface area contributed by atoms with Gasteiger partial charge >= 0.3 is 0 Å². The predicted octanol–water partition coefficient (Wildman–Crippen LogP) is 2.88. The lowest BCUT2D eigenvalue weighted by atomic mass is 9.96. The number of ether oxygens (including phenoxy) is 1. The minimum Gasteiger partial charge on any atom is -0.495 e. The van der Waals surface area contributed by atoms with Gasteiger partial charge in [0, 0.05) is 32.7 Å². The Morgan fingerprint density at radius 1 is 1.32 bits per heavy atom. The molecule has 1 N–H and O–H groups in total. The van der Waals surface area contributed by atoms with Gasteiger partial charge in [-0.25, -0.2) is 0 Å². The summed E-state index contributed by atoms with van der Waals surface area (Å²) in [5.41, 5.74) is 2.66. The van der Waals surface area contributed by atoms with Gasteiger partial charge in [-0.1, -0.05) is 25.4 Å². The minimum absolute atomic E-state index is 0.476. The Morgan fingerprint density at radius 2 is 2.00 bits per heavy atom. The van der Waals surface area contributed by atoms with E-state index in [9.17, 15) is 0 Å². The number of hydrogen-bond donors (Lipinski definition) is 1. The van der Waals surface area contributed by atoms with Crippen LogP contribution in [0.5, 0.6) is 5.75 Å². The molecule has 19 heavy (non-hydrogen) atoms. The summed E-state index contributed by atoms with van der Waals surface area (Å²) in [6.45, 7) is 9.73. The molecule has 0 radical (unpaired) electrons. The summed E-state index contributed by atoms with van der Waals surface area (Å²) in [4.78, 5) is 2.47. The zero-order chi connectivity index (χ0) is 13.8. The van der Waals surface area contributed by atoms with E-state index in [1.807, 2.05) is 0 Å². The highest BCUT2D eigenvalue weighted by Gasteiger charge is 2.16. The Labute approximate surface area is 120 Å². The van der Waals surface area contributed by atoms with Crippen molar-refractivity contribution in [3.63, 3.8) is 0 Å². The molecule has 106 valence electrons. The minimum atomic E-state index is 0.476. The number of nitrogens with zero attached hydrogens (tertiary/aromatic N) is 1. The molecule has 1 aromatic rings. The molecule has 0 amide bonds. The first-order valence-corrected chi connectivity index (χ1v) is 7.29. The maximum atomic E-state index is 6.27. The van der Waals surface area contributed by atoms with Gasteiger partial charge in [0.2, 0.25) is 0 Å². The standard InChI is InChI=1S/C15H23ClN2O/c1-11(2)13-9-15(19-3)14(16)8-12(13)10-18-6-4-17-5-7-18/h8-9,11,17H,4-7,10H2,1-3H3. The first-order chi connectivity index (χ1) is 9.11. The van der Waals surface area contributed by atoms with Gasteiger partial charge in [0.05, 0.1) is 12.1 Å². The molecule has 0 bridgehead atoms. The van der Waals surface area contributed by atoms with Crippen molar-refractivity contribution in [1.82, 2.24) is 10.2 Å². The van der Waals surface area contributed by atoms with Gasteiger partial charge in [0.1, 0.15) is 5.75 Å². The predicted molar refractivity (Wildman–Crippen MR) is 80.2 cm³/mol. The zero-order valence-electron chi connectivity index (χ0n) is 12.0. The molecule has 0 aromatic heterocycles. The number of halogens is 1. The molecule has 0 saturated carbocycles. The Morgan fingerprint density at radius 3 is 2.58 bits per heavy atom. The van der Waals surface area contributed by atoms with Crippen LogP contribution in [0.4, 0.5) is 0 Å². The van der Waals surface area contributed by atoms with Crippen LogP contribution in [-0.4, -0.2) is 38.2 Å². The summed E-state index contributed by atoms with van der Waals surface area (Å²) < 4.78 is 5.33. The third-order valence-electron chi connectivity index (χ3n) is 3.64. The fourth-order valence-corrected chi connectivity index (χ4v) is 2.81. The van der Waals surface area contributed by atoms with Crippen molar-refractivity contribution in [3.8, 4) is 5.75 Å². The average Bonchev–Trinajstić information content (AvgIpc) is 2.39. The van der Waals surface area contributed by atoms with E-state index in [4.69, 9.17) is 16.3 Å². The molecular weight excluding hydrogens is 260 g/mol. The van der Waals surface area contributed by atoms with Crippen molar-refractivity contribution in [1.29, 1.82) is 0 Å². The van der Waals surface area contributed by atoms with E-state index in [1.165, 1.54) is 11.1 Å². The Balaban J connectivity index is 2.24. The monoisotopic (exact) mass is 282 g/mol. The number of rotatable bonds is 4. The van der Waals surface area contributed by atoms with Crippen LogP contribution in [0.3, 0.4) is 0 Å². The first kappa shape index (κ1) is 14.6. The smallest absolute Gasteiger partial charge is 0.137 e. The van der Waals surface area contributed by atoms with Gasteiger partial charge in [-0.2, -0.15) is 0 Å². The van der Waals surface area contributed by atoms with Crippen LogP contribution in [0, 0.1) is 0 Å². The van der Waals surface area contributed by atoms with Gasteiger partial charge in [0.15, 0.2) is 0 Å². The molecule has 0 aliphatic carbocycles. The molecule has 1 saturated heterocycles. The van der Waals surface area contributed by atoms with Crippen molar-refractivity contribution in [3.05, 3.63) is 28.3 Å². The normalized spacial score (nSPS) is 16.9. The number of piperazine rings is 1. The van der Waals surface area contributed by atoms with Crippen LogP contribution in [0.2, 0.25) is 5.02 Å². The molecule has 1 aliphatic rings. The SMILES string of the molecule is COc1cc(C(C)C)c(CN2CCNCC2)cc1Cl. The molecule has 0 unspecified atom stereocenters. The van der Waals surface area contributed by atoms with E-state index < -0.39 is 0 Å². The Bertz CT molecular complexity index is 428. The average molecular weight is 283 g/mol. The number of nitrogens with one attached hydrogen (secondary N) is 1. The van der Waals surface area contributed by atoms with Crippen LogP contribution in [0.1, 0.15) is 30.9 Å². The molecule has 1 heterocycles. The van der Waals surface area contributed by atoms with Crippen LogP contribution >= 0.6 is 11.6 Å². The molecule has 1 aromatic carbocycles. The molecule has 4 heteroatoms. The maximum absolute atomic E-state index is 6.27. The van der Waals surface area contributed by atoms with Crippen LogP contribution < -0.4 is 10.1 Å². The second kappa shape index (κ2) is 6.60. The number of benzene rings is 1. The van der Waals surface area contributed by atoms with Crippen molar-refractivity contribution < 1.29 is 4.74 Å². The van der Waals surface area contributed by atoms with Crippen molar-refractivity contribution >= 4 is 11.6 Å². The lowest BCUT2D eigenvalue weighted by Gasteiger charge is -2.28. The van der Waals surface area contributed by atoms with Gasteiger partial charge < -0.3 is 10.1 Å². The highest BCUT2D eigenvalue weighted by molar-refractivity contribution is 6.32. The van der Waals surface area contributed by atoms with Crippen molar-refractivity contribution in [2.75, 3.05) is 33.3 Å². The first-order valence-electron chi connectivity index (χ1n) is 6.91. The molecule has 1 fully saturated rings. The van der Waals surface area contributed by atoms with E-state index >= 15 is 0 Å². The van der Waals surface area contributed by atoms with Gasteiger partial charge in [-0.3, -0.25) is 4.90 Å². The largest absolute Gasteiger partial charge is 0.495 e. The summed E-state index contributed by atoms with van der Waals surface area (Å²) in [6, 6.07) is 4.16. The second-order valence-electron chi connectivity index (χ2n) is 5.37. The van der Waals surface area contributed by atoms with Crippen molar-refractivity contribution in [2.24, 2.45) is 0 Å². The molecule has 1 aliphatic heterocycles. The summed E-state index contributed by atoms with van der Waals surface area (Å²) >= 11 is 6.27. The molecule has 0 atom stereocenters. The summed E-state index contributed by atoms with van der Waals surface area (Å²) in [5, 5.41) is 4.09. The van der Waals surface area contributed by atoms with E-state index in [1.54, 1.807) is 7.11 Å². The topological polar surface area (TPSA) is 24.5 Å². The highest BCUT2D eigenvalue weighted by atomic mass is 35.5. The number of methoxy groups -OCH3 is 1. The zero-order valence-corrected chi connectivity index (χ0v) is 12.8. The van der Waals surface area contributed by atoms with E-state index in [0.29, 0.717) is 10.9 Å². The van der Waals surface area contributed by atoms with Crippen molar-refractivity contribution in [2.45, 2.75) is 26.3 Å². The second-order valence-corrected chi connectivity index (χ2v) is 5.77. The van der Waals surface area contributed by atoms with Crippen LogP contribution in [0.15, 0.2) is 12.1 Å². The summed E-state index contributed by atoms with van der Waals surface area (Å²) in [6.07, 6.45) is 0. The summed E-state index contributed by atoms with van der Waals surface area (Å²) in [7, 11) is 1.67. The molecular formula is C15H23ClN2O.